The van der Waals surface area contributed by atoms with Crippen molar-refractivity contribution >= 4 is 40.5 Å². The van der Waals surface area contributed by atoms with Gasteiger partial charge in [-0.3, -0.25) is 19.8 Å². The van der Waals surface area contributed by atoms with E-state index in [4.69, 9.17) is 23.2 Å². The molecule has 1 aliphatic rings. The standard InChI is InChI=1S/C20H22Cl2N4O3/c21-15-2-4-16(5-3-15)25-12-10-24(11-13-25)9-1-8-23-20(27)18-7-6-17(26(28)29)14-19(18)22/h2-7,14H,1,8-13H2,(H,23,27). The van der Waals surface area contributed by atoms with Crippen molar-refractivity contribution in [3.05, 3.63) is 68.2 Å². The molecule has 0 spiro atoms. The van der Waals surface area contributed by atoms with Crippen molar-refractivity contribution in [2.75, 3.05) is 44.2 Å². The average molecular weight is 437 g/mol. The maximum absolute atomic E-state index is 12.2. The molecular weight excluding hydrogens is 415 g/mol. The Bertz CT molecular complexity index is 869. The highest BCUT2D eigenvalue weighted by atomic mass is 35.5. The Morgan fingerprint density at radius 2 is 1.76 bits per heavy atom. The van der Waals surface area contributed by atoms with Gasteiger partial charge >= 0.3 is 0 Å². The second-order valence-corrected chi connectivity index (χ2v) is 7.68. The fraction of sp³-hybridized carbons (Fsp3) is 0.350. The summed E-state index contributed by atoms with van der Waals surface area (Å²) in [4.78, 5) is 27.1. The van der Waals surface area contributed by atoms with Gasteiger partial charge in [0.15, 0.2) is 0 Å². The number of piperazine rings is 1. The van der Waals surface area contributed by atoms with E-state index in [-0.39, 0.29) is 22.2 Å². The third-order valence-electron chi connectivity index (χ3n) is 4.91. The van der Waals surface area contributed by atoms with Crippen LogP contribution in [0.2, 0.25) is 10.0 Å². The van der Waals surface area contributed by atoms with E-state index in [1.807, 2.05) is 24.3 Å². The molecule has 0 saturated carbocycles. The molecule has 0 aromatic heterocycles. The van der Waals surface area contributed by atoms with E-state index < -0.39 is 4.92 Å². The first-order valence-electron chi connectivity index (χ1n) is 9.39. The molecule has 0 unspecified atom stereocenters. The highest BCUT2D eigenvalue weighted by Gasteiger charge is 2.17. The number of carbonyl (C=O) groups excluding carboxylic acids is 1. The SMILES string of the molecule is O=C(NCCCN1CCN(c2ccc(Cl)cc2)CC1)c1ccc([N+](=O)[O-])cc1Cl. The number of amides is 1. The summed E-state index contributed by atoms with van der Waals surface area (Å²) in [7, 11) is 0. The van der Waals surface area contributed by atoms with Gasteiger partial charge in [-0.25, -0.2) is 0 Å². The third kappa shape index (κ3) is 5.82. The predicted octanol–water partition coefficient (Wildman–Crippen LogP) is 3.84. The van der Waals surface area contributed by atoms with Crippen molar-refractivity contribution in [1.82, 2.24) is 10.2 Å². The topological polar surface area (TPSA) is 78.7 Å². The maximum Gasteiger partial charge on any atom is 0.270 e. The van der Waals surface area contributed by atoms with E-state index in [9.17, 15) is 14.9 Å². The van der Waals surface area contributed by atoms with Crippen molar-refractivity contribution in [1.29, 1.82) is 0 Å². The second-order valence-electron chi connectivity index (χ2n) is 6.84. The smallest absolute Gasteiger partial charge is 0.270 e. The number of rotatable bonds is 7. The zero-order chi connectivity index (χ0) is 20.8. The number of halogens is 2. The summed E-state index contributed by atoms with van der Waals surface area (Å²) in [5, 5.41) is 14.4. The summed E-state index contributed by atoms with van der Waals surface area (Å²) < 4.78 is 0. The number of carbonyl (C=O) groups is 1. The van der Waals surface area contributed by atoms with Gasteiger partial charge in [0.1, 0.15) is 0 Å². The van der Waals surface area contributed by atoms with Crippen LogP contribution in [-0.4, -0.2) is 55.0 Å². The number of nitrogens with one attached hydrogen (secondary N) is 1. The summed E-state index contributed by atoms with van der Waals surface area (Å²) in [5.41, 5.74) is 1.29. The van der Waals surface area contributed by atoms with Crippen LogP contribution in [0.5, 0.6) is 0 Å². The molecule has 29 heavy (non-hydrogen) atoms. The van der Waals surface area contributed by atoms with Crippen LogP contribution in [0.25, 0.3) is 0 Å². The van der Waals surface area contributed by atoms with E-state index >= 15 is 0 Å². The largest absolute Gasteiger partial charge is 0.369 e. The first-order chi connectivity index (χ1) is 13.9. The van der Waals surface area contributed by atoms with Gasteiger partial charge in [-0.15, -0.1) is 0 Å². The molecule has 7 nitrogen and oxygen atoms in total. The van der Waals surface area contributed by atoms with Gasteiger partial charge in [-0.1, -0.05) is 23.2 Å². The molecule has 1 saturated heterocycles. The molecule has 0 atom stereocenters. The minimum atomic E-state index is -0.541. The van der Waals surface area contributed by atoms with Crippen LogP contribution in [0.4, 0.5) is 11.4 Å². The lowest BCUT2D eigenvalue weighted by atomic mass is 10.2. The maximum atomic E-state index is 12.2. The minimum absolute atomic E-state index is 0.0787. The number of benzene rings is 2. The van der Waals surface area contributed by atoms with E-state index in [0.717, 1.165) is 44.2 Å². The molecule has 1 fully saturated rings. The van der Waals surface area contributed by atoms with Crippen molar-refractivity contribution in [2.45, 2.75) is 6.42 Å². The van der Waals surface area contributed by atoms with Crippen LogP contribution >= 0.6 is 23.2 Å². The lowest BCUT2D eigenvalue weighted by molar-refractivity contribution is -0.384. The number of anilines is 1. The number of nitrogens with zero attached hydrogens (tertiary/aromatic N) is 3. The van der Waals surface area contributed by atoms with Crippen molar-refractivity contribution in [3.63, 3.8) is 0 Å². The molecule has 2 aromatic rings. The van der Waals surface area contributed by atoms with Crippen LogP contribution < -0.4 is 10.2 Å². The molecule has 1 N–H and O–H groups in total. The fourth-order valence-electron chi connectivity index (χ4n) is 3.28. The van der Waals surface area contributed by atoms with Crippen LogP contribution in [0.3, 0.4) is 0 Å². The van der Waals surface area contributed by atoms with Gasteiger partial charge in [-0.2, -0.15) is 0 Å². The highest BCUT2D eigenvalue weighted by molar-refractivity contribution is 6.34. The van der Waals surface area contributed by atoms with Crippen LogP contribution in [-0.2, 0) is 0 Å². The lowest BCUT2D eigenvalue weighted by Crippen LogP contribution is -2.47. The first kappa shape index (κ1) is 21.4. The molecule has 1 amide bonds. The molecule has 9 heteroatoms. The summed E-state index contributed by atoms with van der Waals surface area (Å²) in [5.74, 6) is -0.322. The Morgan fingerprint density at radius 1 is 1.07 bits per heavy atom. The molecule has 154 valence electrons. The van der Waals surface area contributed by atoms with Crippen LogP contribution in [0, 0.1) is 10.1 Å². The zero-order valence-corrected chi connectivity index (χ0v) is 17.3. The summed E-state index contributed by atoms with van der Waals surface area (Å²) >= 11 is 11.9. The van der Waals surface area contributed by atoms with Crippen LogP contribution in [0.15, 0.2) is 42.5 Å². The number of non-ortho nitro benzene ring substituents is 1. The van der Waals surface area contributed by atoms with E-state index in [1.165, 1.54) is 23.9 Å². The Balaban J connectivity index is 1.38. The fourth-order valence-corrected chi connectivity index (χ4v) is 3.67. The zero-order valence-electron chi connectivity index (χ0n) is 15.8. The first-order valence-corrected chi connectivity index (χ1v) is 10.1. The van der Waals surface area contributed by atoms with Gasteiger partial charge in [0.05, 0.1) is 15.5 Å². The Hall–Kier alpha value is -2.35. The Kier molecular flexibility index (Phi) is 7.30. The third-order valence-corrected chi connectivity index (χ3v) is 5.47. The van der Waals surface area contributed by atoms with Gasteiger partial charge < -0.3 is 10.2 Å². The average Bonchev–Trinajstić information content (AvgIpc) is 2.72. The van der Waals surface area contributed by atoms with Crippen molar-refractivity contribution in [3.8, 4) is 0 Å². The van der Waals surface area contributed by atoms with E-state index in [0.29, 0.717) is 6.54 Å². The summed E-state index contributed by atoms with van der Waals surface area (Å²) in [6.07, 6.45) is 0.817. The molecule has 0 bridgehead atoms. The molecule has 3 rings (SSSR count). The van der Waals surface area contributed by atoms with Gasteiger partial charge in [0.2, 0.25) is 0 Å². The monoisotopic (exact) mass is 436 g/mol. The van der Waals surface area contributed by atoms with Gasteiger partial charge in [0, 0.05) is 55.6 Å². The summed E-state index contributed by atoms with van der Waals surface area (Å²) in [6.45, 7) is 5.24. The number of nitro groups is 1. The molecule has 0 radical (unpaired) electrons. The van der Waals surface area contributed by atoms with Gasteiger partial charge in [-0.05, 0) is 43.3 Å². The normalized spacial score (nSPS) is 14.6. The second kappa shape index (κ2) is 9.91. The number of hydrogen-bond donors (Lipinski definition) is 1. The molecule has 1 heterocycles. The van der Waals surface area contributed by atoms with Crippen molar-refractivity contribution < 1.29 is 9.72 Å². The van der Waals surface area contributed by atoms with E-state index in [2.05, 4.69) is 15.1 Å². The molecule has 0 aliphatic carbocycles. The van der Waals surface area contributed by atoms with Crippen LogP contribution in [0.1, 0.15) is 16.8 Å². The minimum Gasteiger partial charge on any atom is -0.369 e. The van der Waals surface area contributed by atoms with Crippen molar-refractivity contribution in [2.24, 2.45) is 0 Å². The van der Waals surface area contributed by atoms with E-state index in [1.54, 1.807) is 0 Å². The summed E-state index contributed by atoms with van der Waals surface area (Å²) in [6, 6.07) is 11.7. The molecular formula is C20H22Cl2N4O3. The molecule has 2 aromatic carbocycles. The highest BCUT2D eigenvalue weighted by Crippen LogP contribution is 2.22. The Labute approximate surface area is 179 Å². The number of hydrogen-bond acceptors (Lipinski definition) is 5. The molecule has 1 aliphatic heterocycles. The number of nitro benzene ring substituents is 1. The Morgan fingerprint density at radius 3 is 2.38 bits per heavy atom. The lowest BCUT2D eigenvalue weighted by Gasteiger charge is -2.36. The predicted molar refractivity (Wildman–Crippen MR) is 115 cm³/mol. The quantitative estimate of drug-likeness (QED) is 0.405. The van der Waals surface area contributed by atoms with Gasteiger partial charge in [0.25, 0.3) is 11.6 Å².